The van der Waals surface area contributed by atoms with Crippen LogP contribution in [-0.2, 0) is 6.54 Å². The van der Waals surface area contributed by atoms with Gasteiger partial charge < -0.3 is 5.32 Å². The predicted octanol–water partition coefficient (Wildman–Crippen LogP) is 4.30. The number of hydrogen-bond acceptors (Lipinski definition) is 3. The molecule has 0 aliphatic rings. The molecule has 3 nitrogen and oxygen atoms in total. The van der Waals surface area contributed by atoms with Gasteiger partial charge in [-0.1, -0.05) is 48.0 Å². The van der Waals surface area contributed by atoms with Crippen molar-refractivity contribution in [1.82, 2.24) is 15.3 Å². The van der Waals surface area contributed by atoms with Crippen molar-refractivity contribution < 1.29 is 0 Å². The van der Waals surface area contributed by atoms with E-state index in [0.29, 0.717) is 6.04 Å². The van der Waals surface area contributed by atoms with E-state index in [9.17, 15) is 0 Å². The van der Waals surface area contributed by atoms with Crippen LogP contribution in [0.3, 0.4) is 0 Å². The van der Waals surface area contributed by atoms with Gasteiger partial charge in [0.25, 0.3) is 0 Å². The van der Waals surface area contributed by atoms with Crippen LogP contribution in [0.4, 0.5) is 0 Å². The Hall–Kier alpha value is -2.52. The number of aryl methyl sites for hydroxylation is 1. The maximum absolute atomic E-state index is 4.36. The first-order valence-electron chi connectivity index (χ1n) is 7.87. The molecule has 0 radical (unpaired) electrons. The van der Waals surface area contributed by atoms with E-state index in [-0.39, 0.29) is 0 Å². The van der Waals surface area contributed by atoms with Gasteiger partial charge in [-0.05, 0) is 31.0 Å². The minimum Gasteiger partial charge on any atom is -0.306 e. The molecule has 0 saturated heterocycles. The van der Waals surface area contributed by atoms with Crippen molar-refractivity contribution in [1.29, 1.82) is 0 Å². The van der Waals surface area contributed by atoms with E-state index in [0.717, 1.165) is 17.8 Å². The van der Waals surface area contributed by atoms with Gasteiger partial charge in [-0.2, -0.15) is 0 Å². The van der Waals surface area contributed by atoms with Gasteiger partial charge in [0.2, 0.25) is 0 Å². The molecule has 0 amide bonds. The lowest BCUT2D eigenvalue weighted by Gasteiger charge is -2.15. The summed E-state index contributed by atoms with van der Waals surface area (Å²) in [5.74, 6) is 0. The molecule has 3 rings (SSSR count). The van der Waals surface area contributed by atoms with Crippen LogP contribution >= 0.6 is 0 Å². The van der Waals surface area contributed by atoms with Crippen molar-refractivity contribution in [2.45, 2.75) is 26.4 Å². The fourth-order valence-electron chi connectivity index (χ4n) is 2.53. The molecule has 0 saturated carbocycles. The highest BCUT2D eigenvalue weighted by molar-refractivity contribution is 5.58. The third kappa shape index (κ3) is 4.02. The Bertz CT molecular complexity index is 751. The lowest BCUT2D eigenvalue weighted by atomic mass is 10.1. The van der Waals surface area contributed by atoms with Gasteiger partial charge in [0.05, 0.1) is 11.9 Å². The minimum absolute atomic E-state index is 0.316. The molecule has 0 aliphatic heterocycles. The number of aromatic nitrogens is 2. The van der Waals surface area contributed by atoms with Crippen molar-refractivity contribution >= 4 is 0 Å². The zero-order chi connectivity index (χ0) is 16.1. The van der Waals surface area contributed by atoms with Crippen LogP contribution in [-0.4, -0.2) is 9.97 Å². The van der Waals surface area contributed by atoms with E-state index >= 15 is 0 Å². The topological polar surface area (TPSA) is 37.8 Å². The molecule has 2 aromatic carbocycles. The highest BCUT2D eigenvalue weighted by atomic mass is 14.9. The Labute approximate surface area is 137 Å². The standard InChI is InChI=1S/C20H21N3/c1-15-6-8-18(9-7-15)16(2)23-13-17-4-3-5-19(12-17)20-14-21-10-11-22-20/h3-12,14,16,23H,13H2,1-2H3/t16-/m1/s1. The molecule has 116 valence electrons. The average molecular weight is 303 g/mol. The van der Waals surface area contributed by atoms with Gasteiger partial charge in [0, 0.05) is 30.5 Å². The quantitative estimate of drug-likeness (QED) is 0.763. The Morgan fingerprint density at radius 2 is 1.87 bits per heavy atom. The third-order valence-electron chi connectivity index (χ3n) is 3.98. The van der Waals surface area contributed by atoms with E-state index in [1.165, 1.54) is 16.7 Å². The molecule has 23 heavy (non-hydrogen) atoms. The van der Waals surface area contributed by atoms with Crippen molar-refractivity contribution in [2.24, 2.45) is 0 Å². The van der Waals surface area contributed by atoms with Crippen LogP contribution in [0.5, 0.6) is 0 Å². The molecule has 1 N–H and O–H groups in total. The van der Waals surface area contributed by atoms with Crippen LogP contribution < -0.4 is 5.32 Å². The van der Waals surface area contributed by atoms with E-state index < -0.39 is 0 Å². The molecule has 0 unspecified atom stereocenters. The molecular weight excluding hydrogens is 282 g/mol. The van der Waals surface area contributed by atoms with Crippen molar-refractivity contribution in [3.05, 3.63) is 83.8 Å². The largest absolute Gasteiger partial charge is 0.306 e. The molecule has 0 aliphatic carbocycles. The summed E-state index contributed by atoms with van der Waals surface area (Å²) in [7, 11) is 0. The maximum Gasteiger partial charge on any atom is 0.0885 e. The smallest absolute Gasteiger partial charge is 0.0885 e. The van der Waals surface area contributed by atoms with Gasteiger partial charge in [0.15, 0.2) is 0 Å². The van der Waals surface area contributed by atoms with Crippen molar-refractivity contribution in [2.75, 3.05) is 0 Å². The van der Waals surface area contributed by atoms with Crippen LogP contribution in [0, 0.1) is 6.92 Å². The molecule has 1 aromatic heterocycles. The van der Waals surface area contributed by atoms with E-state index in [2.05, 4.69) is 77.7 Å². The molecule has 0 spiro atoms. The Morgan fingerprint density at radius 3 is 2.61 bits per heavy atom. The van der Waals surface area contributed by atoms with Crippen molar-refractivity contribution in [3.63, 3.8) is 0 Å². The van der Waals surface area contributed by atoms with Crippen LogP contribution in [0.15, 0.2) is 67.1 Å². The number of benzene rings is 2. The first-order valence-corrected chi connectivity index (χ1v) is 7.87. The Kier molecular flexibility index (Phi) is 4.79. The highest BCUT2D eigenvalue weighted by Crippen LogP contribution is 2.18. The van der Waals surface area contributed by atoms with Gasteiger partial charge in [-0.3, -0.25) is 9.97 Å². The fraction of sp³-hybridized carbons (Fsp3) is 0.200. The second kappa shape index (κ2) is 7.16. The average Bonchev–Trinajstić information content (AvgIpc) is 2.61. The predicted molar refractivity (Wildman–Crippen MR) is 93.9 cm³/mol. The molecule has 3 heteroatoms. The molecule has 3 aromatic rings. The summed E-state index contributed by atoms with van der Waals surface area (Å²) in [5.41, 5.74) is 5.84. The summed E-state index contributed by atoms with van der Waals surface area (Å²) in [4.78, 5) is 8.49. The summed E-state index contributed by atoms with van der Waals surface area (Å²) in [6.45, 7) is 5.13. The molecular formula is C20H21N3. The van der Waals surface area contributed by atoms with Gasteiger partial charge >= 0.3 is 0 Å². The molecule has 0 fully saturated rings. The van der Waals surface area contributed by atoms with Gasteiger partial charge in [-0.25, -0.2) is 0 Å². The number of nitrogens with zero attached hydrogens (tertiary/aromatic N) is 2. The van der Waals surface area contributed by atoms with Crippen LogP contribution in [0.25, 0.3) is 11.3 Å². The summed E-state index contributed by atoms with van der Waals surface area (Å²) in [5, 5.41) is 3.58. The van der Waals surface area contributed by atoms with Crippen LogP contribution in [0.1, 0.15) is 29.7 Å². The van der Waals surface area contributed by atoms with Gasteiger partial charge in [-0.15, -0.1) is 0 Å². The van der Waals surface area contributed by atoms with Gasteiger partial charge in [0.1, 0.15) is 0 Å². The molecule has 1 atom stereocenters. The number of hydrogen-bond donors (Lipinski definition) is 1. The maximum atomic E-state index is 4.36. The number of nitrogens with one attached hydrogen (secondary N) is 1. The SMILES string of the molecule is Cc1ccc([C@@H](C)NCc2cccc(-c3cnccn3)c2)cc1. The lowest BCUT2D eigenvalue weighted by Crippen LogP contribution is -2.18. The lowest BCUT2D eigenvalue weighted by molar-refractivity contribution is 0.574. The Balaban J connectivity index is 1.68. The minimum atomic E-state index is 0.316. The number of rotatable bonds is 5. The fourth-order valence-corrected chi connectivity index (χ4v) is 2.53. The molecule has 1 heterocycles. The zero-order valence-electron chi connectivity index (χ0n) is 13.5. The van der Waals surface area contributed by atoms with Crippen LogP contribution in [0.2, 0.25) is 0 Å². The molecule has 0 bridgehead atoms. The monoisotopic (exact) mass is 303 g/mol. The van der Waals surface area contributed by atoms with Crippen molar-refractivity contribution in [3.8, 4) is 11.3 Å². The highest BCUT2D eigenvalue weighted by Gasteiger charge is 2.05. The summed E-state index contributed by atoms with van der Waals surface area (Å²) in [6.07, 6.45) is 5.21. The first-order chi connectivity index (χ1) is 11.2. The second-order valence-electron chi connectivity index (χ2n) is 5.80. The van der Waals surface area contributed by atoms with E-state index in [1.807, 2.05) is 0 Å². The first kappa shape index (κ1) is 15.4. The summed E-state index contributed by atoms with van der Waals surface area (Å²) in [6, 6.07) is 17.4. The van der Waals surface area contributed by atoms with E-state index in [4.69, 9.17) is 0 Å². The summed E-state index contributed by atoms with van der Waals surface area (Å²) >= 11 is 0. The summed E-state index contributed by atoms with van der Waals surface area (Å²) < 4.78 is 0. The zero-order valence-corrected chi connectivity index (χ0v) is 13.5. The third-order valence-corrected chi connectivity index (χ3v) is 3.98. The van der Waals surface area contributed by atoms with E-state index in [1.54, 1.807) is 18.6 Å². The Morgan fingerprint density at radius 1 is 1.04 bits per heavy atom. The second-order valence-corrected chi connectivity index (χ2v) is 5.80. The normalized spacial score (nSPS) is 12.1.